The molecule has 1 fully saturated rings. The van der Waals surface area contributed by atoms with Crippen molar-refractivity contribution >= 4 is 0 Å². The van der Waals surface area contributed by atoms with Crippen molar-refractivity contribution in [1.82, 2.24) is 4.90 Å². The molecule has 2 rings (SSSR count). The maximum Gasteiger partial charge on any atom is 0.120 e. The molecule has 5 heteroatoms. The van der Waals surface area contributed by atoms with Crippen LogP contribution in [0.1, 0.15) is 18.4 Å². The normalized spacial score (nSPS) is 18.1. The third-order valence-electron chi connectivity index (χ3n) is 3.74. The number of piperidine rings is 1. The van der Waals surface area contributed by atoms with Crippen LogP contribution >= 0.6 is 0 Å². The Labute approximate surface area is 125 Å². The van der Waals surface area contributed by atoms with Crippen LogP contribution in [0.15, 0.2) is 24.3 Å². The average Bonchev–Trinajstić information content (AvgIpc) is 2.54. The largest absolute Gasteiger partial charge is 0.491 e. The highest BCUT2D eigenvalue weighted by Gasteiger charge is 2.20. The number of aliphatic hydroxyl groups excluding tert-OH is 1. The van der Waals surface area contributed by atoms with Crippen LogP contribution in [0.2, 0.25) is 0 Å². The molecule has 0 amide bonds. The van der Waals surface area contributed by atoms with Gasteiger partial charge in [-0.2, -0.15) is 5.26 Å². The lowest BCUT2D eigenvalue weighted by Crippen LogP contribution is -2.42. The topological polar surface area (TPSA) is 65.7 Å². The van der Waals surface area contributed by atoms with Crippen molar-refractivity contribution in [3.63, 3.8) is 0 Å². The van der Waals surface area contributed by atoms with Crippen molar-refractivity contribution in [3.8, 4) is 11.8 Å². The molecule has 0 radical (unpaired) electrons. The number of benzene rings is 1. The summed E-state index contributed by atoms with van der Waals surface area (Å²) in [6.45, 7) is 2.73. The molecule has 21 heavy (non-hydrogen) atoms. The molecule has 1 N–H and O–H groups in total. The number of hydrogen-bond acceptors (Lipinski definition) is 5. The highest BCUT2D eigenvalue weighted by atomic mass is 16.5. The van der Waals surface area contributed by atoms with Crippen LogP contribution in [0, 0.1) is 11.3 Å². The molecule has 114 valence electrons. The quantitative estimate of drug-likeness (QED) is 0.858. The minimum absolute atomic E-state index is 0.235. The summed E-state index contributed by atoms with van der Waals surface area (Å²) in [4.78, 5) is 2.23. The smallest absolute Gasteiger partial charge is 0.120 e. The zero-order valence-electron chi connectivity index (χ0n) is 12.4. The summed E-state index contributed by atoms with van der Waals surface area (Å²) >= 11 is 0. The van der Waals surface area contributed by atoms with Crippen molar-refractivity contribution in [1.29, 1.82) is 5.26 Å². The highest BCUT2D eigenvalue weighted by molar-refractivity contribution is 5.36. The number of methoxy groups -OCH3 is 1. The van der Waals surface area contributed by atoms with E-state index in [1.54, 1.807) is 31.4 Å². The Balaban J connectivity index is 1.72. The maximum absolute atomic E-state index is 10.0. The van der Waals surface area contributed by atoms with Crippen molar-refractivity contribution in [2.75, 3.05) is 33.4 Å². The Bertz CT molecular complexity index is 479. The molecular formula is C16H22N2O3. The summed E-state index contributed by atoms with van der Waals surface area (Å²) in [6.07, 6.45) is 1.83. The number of rotatable bonds is 6. The van der Waals surface area contributed by atoms with Gasteiger partial charge in [-0.3, -0.25) is 0 Å². The fourth-order valence-corrected chi connectivity index (χ4v) is 2.53. The van der Waals surface area contributed by atoms with E-state index in [9.17, 15) is 5.11 Å². The van der Waals surface area contributed by atoms with E-state index in [0.717, 1.165) is 25.9 Å². The van der Waals surface area contributed by atoms with Crippen molar-refractivity contribution in [3.05, 3.63) is 29.8 Å². The molecule has 1 aliphatic rings. The number of aliphatic hydroxyl groups is 1. The van der Waals surface area contributed by atoms with Gasteiger partial charge in [-0.15, -0.1) is 0 Å². The lowest BCUT2D eigenvalue weighted by molar-refractivity contribution is 0.0153. The van der Waals surface area contributed by atoms with Gasteiger partial charge in [-0.05, 0) is 31.0 Å². The summed E-state index contributed by atoms with van der Waals surface area (Å²) in [7, 11) is 1.75. The molecule has 1 unspecified atom stereocenters. The van der Waals surface area contributed by atoms with Crippen LogP contribution in [0.5, 0.6) is 5.75 Å². The summed E-state index contributed by atoms with van der Waals surface area (Å²) in [5.41, 5.74) is 0.559. The standard InChI is InChI=1S/C16H22N2O3/c1-20-15-5-7-18(8-6-15)11-14(19)12-21-16-4-2-3-13(9-16)10-17/h2-4,9,14-15,19H,5-8,11-12H2,1H3. The van der Waals surface area contributed by atoms with Gasteiger partial charge in [0.1, 0.15) is 18.5 Å². The van der Waals surface area contributed by atoms with Gasteiger partial charge in [0.15, 0.2) is 0 Å². The van der Waals surface area contributed by atoms with E-state index in [2.05, 4.69) is 11.0 Å². The zero-order chi connectivity index (χ0) is 15.1. The summed E-state index contributed by atoms with van der Waals surface area (Å²) in [5.74, 6) is 0.617. The molecular weight excluding hydrogens is 268 g/mol. The van der Waals surface area contributed by atoms with Crippen molar-refractivity contribution in [2.24, 2.45) is 0 Å². The van der Waals surface area contributed by atoms with Crippen LogP contribution in [-0.4, -0.2) is 55.6 Å². The SMILES string of the molecule is COC1CCN(CC(O)COc2cccc(C#N)c2)CC1. The van der Waals surface area contributed by atoms with Gasteiger partial charge in [0.2, 0.25) is 0 Å². The van der Waals surface area contributed by atoms with E-state index in [-0.39, 0.29) is 6.61 Å². The van der Waals surface area contributed by atoms with Crippen LogP contribution in [0.3, 0.4) is 0 Å². The molecule has 0 saturated carbocycles. The Morgan fingerprint density at radius 2 is 2.19 bits per heavy atom. The molecule has 1 aromatic rings. The second-order valence-corrected chi connectivity index (χ2v) is 5.34. The number of β-amino-alcohol motifs (C(OH)–C–C–N with tert-alkyl or cyclic N) is 1. The number of hydrogen-bond donors (Lipinski definition) is 1. The van der Waals surface area contributed by atoms with Gasteiger partial charge in [0, 0.05) is 26.7 Å². The molecule has 0 aromatic heterocycles. The van der Waals surface area contributed by atoms with Gasteiger partial charge in [0.05, 0.1) is 17.7 Å². The van der Waals surface area contributed by atoms with E-state index < -0.39 is 6.10 Å². The van der Waals surface area contributed by atoms with Crippen LogP contribution in [0.4, 0.5) is 0 Å². The molecule has 5 nitrogen and oxygen atoms in total. The van der Waals surface area contributed by atoms with Gasteiger partial charge < -0.3 is 19.5 Å². The lowest BCUT2D eigenvalue weighted by atomic mass is 10.1. The zero-order valence-corrected chi connectivity index (χ0v) is 12.4. The number of ether oxygens (including phenoxy) is 2. The number of likely N-dealkylation sites (tertiary alicyclic amines) is 1. The van der Waals surface area contributed by atoms with Crippen molar-refractivity contribution < 1.29 is 14.6 Å². The predicted molar refractivity (Wildman–Crippen MR) is 79.1 cm³/mol. The molecule has 0 aliphatic carbocycles. The first-order valence-corrected chi connectivity index (χ1v) is 7.27. The minimum Gasteiger partial charge on any atom is -0.491 e. The Morgan fingerprint density at radius 3 is 2.86 bits per heavy atom. The minimum atomic E-state index is -0.533. The van der Waals surface area contributed by atoms with Gasteiger partial charge >= 0.3 is 0 Å². The molecule has 0 bridgehead atoms. The van der Waals surface area contributed by atoms with Gasteiger partial charge in [-0.1, -0.05) is 6.07 Å². The van der Waals surface area contributed by atoms with Gasteiger partial charge in [0.25, 0.3) is 0 Å². The van der Waals surface area contributed by atoms with Gasteiger partial charge in [-0.25, -0.2) is 0 Å². The molecule has 1 heterocycles. The van der Waals surface area contributed by atoms with E-state index in [0.29, 0.717) is 24.0 Å². The fourth-order valence-electron chi connectivity index (χ4n) is 2.53. The summed E-state index contributed by atoms with van der Waals surface area (Å²) in [6, 6.07) is 9.03. The van der Waals surface area contributed by atoms with E-state index in [1.807, 2.05) is 0 Å². The fraction of sp³-hybridized carbons (Fsp3) is 0.562. The first kappa shape index (κ1) is 15.8. The predicted octanol–water partition coefficient (Wildman–Crippen LogP) is 1.41. The second-order valence-electron chi connectivity index (χ2n) is 5.34. The Hall–Kier alpha value is -1.61. The Kier molecular flexibility index (Phi) is 6.00. The van der Waals surface area contributed by atoms with E-state index in [1.165, 1.54) is 0 Å². The summed E-state index contributed by atoms with van der Waals surface area (Å²) < 4.78 is 10.9. The average molecular weight is 290 g/mol. The second kappa shape index (κ2) is 7.99. The molecule has 0 spiro atoms. The van der Waals surface area contributed by atoms with E-state index >= 15 is 0 Å². The first-order chi connectivity index (χ1) is 10.2. The lowest BCUT2D eigenvalue weighted by Gasteiger charge is -2.32. The number of nitrogens with zero attached hydrogens (tertiary/aromatic N) is 2. The highest BCUT2D eigenvalue weighted by Crippen LogP contribution is 2.15. The molecule has 1 saturated heterocycles. The monoisotopic (exact) mass is 290 g/mol. The Morgan fingerprint density at radius 1 is 1.43 bits per heavy atom. The molecule has 1 aliphatic heterocycles. The van der Waals surface area contributed by atoms with Crippen molar-refractivity contribution in [2.45, 2.75) is 25.0 Å². The summed E-state index contributed by atoms with van der Waals surface area (Å²) in [5, 5.41) is 18.9. The van der Waals surface area contributed by atoms with Crippen LogP contribution in [-0.2, 0) is 4.74 Å². The maximum atomic E-state index is 10.0. The third-order valence-corrected chi connectivity index (χ3v) is 3.74. The molecule has 1 aromatic carbocycles. The first-order valence-electron chi connectivity index (χ1n) is 7.27. The molecule has 1 atom stereocenters. The third kappa shape index (κ3) is 5.01. The number of nitriles is 1. The van der Waals surface area contributed by atoms with Crippen LogP contribution < -0.4 is 4.74 Å². The van der Waals surface area contributed by atoms with Crippen LogP contribution in [0.25, 0.3) is 0 Å². The van der Waals surface area contributed by atoms with E-state index in [4.69, 9.17) is 14.7 Å².